The van der Waals surface area contributed by atoms with Crippen molar-refractivity contribution >= 4 is 25.3 Å². The Morgan fingerprint density at radius 2 is 1.06 bits per heavy atom. The van der Waals surface area contributed by atoms with Gasteiger partial charge in [0.25, 0.3) is 0 Å². The smallest absolute Gasteiger partial charge is 0.00272 e. The molecule has 2 atom stereocenters. The minimum absolute atomic E-state index is 0.570. The third-order valence-electron chi connectivity index (χ3n) is 3.33. The van der Waals surface area contributed by atoms with E-state index in [1.54, 1.807) is 0 Å². The van der Waals surface area contributed by atoms with E-state index in [2.05, 4.69) is 39.1 Å². The summed E-state index contributed by atoms with van der Waals surface area (Å²) in [7, 11) is 0. The van der Waals surface area contributed by atoms with Crippen molar-refractivity contribution in [3.63, 3.8) is 0 Å². The molecule has 0 rings (SSSR count). The highest BCUT2D eigenvalue weighted by Gasteiger charge is 2.09. The molecule has 0 saturated carbocycles. The minimum Gasteiger partial charge on any atom is -0.176 e. The van der Waals surface area contributed by atoms with Crippen molar-refractivity contribution in [2.75, 3.05) is 0 Å². The summed E-state index contributed by atoms with van der Waals surface area (Å²) in [5.41, 5.74) is 0. The van der Waals surface area contributed by atoms with E-state index < -0.39 is 0 Å². The fraction of sp³-hybridized carbons (Fsp3) is 1.00. The lowest BCUT2D eigenvalue weighted by Gasteiger charge is -2.15. The summed E-state index contributed by atoms with van der Waals surface area (Å²) >= 11 is 9.37. The van der Waals surface area contributed by atoms with Crippen molar-refractivity contribution < 1.29 is 0 Å². The van der Waals surface area contributed by atoms with E-state index in [9.17, 15) is 0 Å². The Balaban J connectivity index is 3.35. The van der Waals surface area contributed by atoms with Crippen LogP contribution in [0.15, 0.2) is 0 Å². The average molecular weight is 277 g/mol. The first-order valence-corrected chi connectivity index (χ1v) is 8.60. The number of hydrogen-bond acceptors (Lipinski definition) is 2. The van der Waals surface area contributed by atoms with Crippen molar-refractivity contribution in [3.8, 4) is 0 Å². The summed E-state index contributed by atoms with van der Waals surface area (Å²) in [6.45, 7) is 4.52. The molecule has 0 aromatic rings. The van der Waals surface area contributed by atoms with Crippen LogP contribution in [0.4, 0.5) is 0 Å². The van der Waals surface area contributed by atoms with Crippen LogP contribution in [0.25, 0.3) is 0 Å². The number of rotatable bonds is 12. The normalized spacial score (nSPS) is 14.8. The zero-order valence-corrected chi connectivity index (χ0v) is 13.6. The molecule has 0 aromatic heterocycles. The Hall–Kier alpha value is 0.700. The van der Waals surface area contributed by atoms with E-state index in [-0.39, 0.29) is 0 Å². The fourth-order valence-electron chi connectivity index (χ4n) is 2.16. The molecule has 0 nitrogen and oxygen atoms in total. The molecule has 0 radical (unpaired) electrons. The number of thiol groups is 2. The van der Waals surface area contributed by atoms with Gasteiger partial charge in [0.2, 0.25) is 0 Å². The van der Waals surface area contributed by atoms with Crippen LogP contribution in [-0.2, 0) is 0 Å². The molecular formula is C15H32S2. The van der Waals surface area contributed by atoms with Crippen molar-refractivity contribution in [1.29, 1.82) is 0 Å². The van der Waals surface area contributed by atoms with E-state index in [0.29, 0.717) is 10.5 Å². The zero-order chi connectivity index (χ0) is 12.9. The molecule has 0 N–H and O–H groups in total. The second-order valence-electron chi connectivity index (χ2n) is 5.24. The van der Waals surface area contributed by atoms with Crippen LogP contribution in [0.2, 0.25) is 0 Å². The molecule has 0 aromatic carbocycles. The molecule has 0 aliphatic carbocycles. The molecular weight excluding hydrogens is 244 g/mol. The van der Waals surface area contributed by atoms with Gasteiger partial charge in [-0.2, -0.15) is 25.3 Å². The molecule has 17 heavy (non-hydrogen) atoms. The van der Waals surface area contributed by atoms with Gasteiger partial charge >= 0.3 is 0 Å². The monoisotopic (exact) mass is 276 g/mol. The topological polar surface area (TPSA) is 0 Å². The van der Waals surface area contributed by atoms with Crippen molar-refractivity contribution in [3.05, 3.63) is 0 Å². The van der Waals surface area contributed by atoms with Crippen LogP contribution in [-0.4, -0.2) is 10.5 Å². The lowest BCUT2D eigenvalue weighted by atomic mass is 10.0. The standard InChI is InChI=1S/C15H32S2/c1-3-5-7-9-11-14(16)13-15(17)12-10-8-6-4-2/h14-17H,3-13H2,1-2H3. The SMILES string of the molecule is CCCCCCC(S)CC(S)CCCCCC. The molecule has 0 heterocycles. The Kier molecular flexibility index (Phi) is 13.7. The minimum atomic E-state index is 0.570. The van der Waals surface area contributed by atoms with E-state index in [1.165, 1.54) is 70.6 Å². The van der Waals surface area contributed by atoms with Crippen LogP contribution < -0.4 is 0 Å². The van der Waals surface area contributed by atoms with Crippen LogP contribution in [0.5, 0.6) is 0 Å². The average Bonchev–Trinajstić information content (AvgIpc) is 2.30. The van der Waals surface area contributed by atoms with Gasteiger partial charge in [-0.25, -0.2) is 0 Å². The fourth-order valence-corrected chi connectivity index (χ4v) is 3.20. The van der Waals surface area contributed by atoms with Gasteiger partial charge in [0.05, 0.1) is 0 Å². The third-order valence-corrected chi connectivity index (χ3v) is 4.26. The predicted octanol–water partition coefficient (Wildman–Crippen LogP) is 5.91. The quantitative estimate of drug-likeness (QED) is 0.321. The van der Waals surface area contributed by atoms with Crippen molar-refractivity contribution in [2.24, 2.45) is 0 Å². The van der Waals surface area contributed by atoms with Crippen LogP contribution in [0.3, 0.4) is 0 Å². The maximum Gasteiger partial charge on any atom is 0.00272 e. The summed E-state index contributed by atoms with van der Waals surface area (Å²) in [6, 6.07) is 0. The van der Waals surface area contributed by atoms with Gasteiger partial charge in [-0.15, -0.1) is 0 Å². The highest BCUT2D eigenvalue weighted by molar-refractivity contribution is 7.81. The first-order chi connectivity index (χ1) is 8.20. The summed E-state index contributed by atoms with van der Waals surface area (Å²) in [4.78, 5) is 0. The second kappa shape index (κ2) is 13.1. The Bertz CT molecular complexity index is 132. The van der Waals surface area contributed by atoms with Gasteiger partial charge in [-0.3, -0.25) is 0 Å². The Labute approximate surface area is 120 Å². The molecule has 0 saturated heterocycles. The lowest BCUT2D eigenvalue weighted by Crippen LogP contribution is -2.09. The van der Waals surface area contributed by atoms with E-state index in [1.807, 2.05) is 0 Å². The van der Waals surface area contributed by atoms with E-state index in [0.717, 1.165) is 0 Å². The summed E-state index contributed by atoms with van der Waals surface area (Å²) in [5.74, 6) is 0. The molecule has 0 aliphatic heterocycles. The first kappa shape index (κ1) is 17.7. The second-order valence-corrected chi connectivity index (χ2v) is 6.70. The van der Waals surface area contributed by atoms with Gasteiger partial charge in [-0.05, 0) is 19.3 Å². The molecule has 2 unspecified atom stereocenters. The molecule has 0 bridgehead atoms. The molecule has 0 aliphatic rings. The zero-order valence-electron chi connectivity index (χ0n) is 11.8. The number of hydrogen-bond donors (Lipinski definition) is 2. The largest absolute Gasteiger partial charge is 0.176 e. The van der Waals surface area contributed by atoms with Gasteiger partial charge in [0, 0.05) is 10.5 Å². The summed E-state index contributed by atoms with van der Waals surface area (Å²) in [6.07, 6.45) is 14.6. The number of unbranched alkanes of at least 4 members (excludes halogenated alkanes) is 6. The molecule has 0 fully saturated rings. The van der Waals surface area contributed by atoms with Crippen LogP contribution in [0, 0.1) is 0 Å². The Morgan fingerprint density at radius 1 is 0.647 bits per heavy atom. The van der Waals surface area contributed by atoms with Gasteiger partial charge < -0.3 is 0 Å². The predicted molar refractivity (Wildman–Crippen MR) is 87.7 cm³/mol. The maximum atomic E-state index is 4.69. The van der Waals surface area contributed by atoms with Gasteiger partial charge in [0.15, 0.2) is 0 Å². The molecule has 2 heteroatoms. The molecule has 104 valence electrons. The van der Waals surface area contributed by atoms with Crippen LogP contribution >= 0.6 is 25.3 Å². The maximum absolute atomic E-state index is 4.69. The van der Waals surface area contributed by atoms with Crippen LogP contribution in [0.1, 0.15) is 84.5 Å². The van der Waals surface area contributed by atoms with Gasteiger partial charge in [-0.1, -0.05) is 65.2 Å². The summed E-state index contributed by atoms with van der Waals surface area (Å²) in [5, 5.41) is 1.14. The van der Waals surface area contributed by atoms with Crippen molar-refractivity contribution in [1.82, 2.24) is 0 Å². The Morgan fingerprint density at radius 3 is 1.41 bits per heavy atom. The summed E-state index contributed by atoms with van der Waals surface area (Å²) < 4.78 is 0. The highest BCUT2D eigenvalue weighted by Crippen LogP contribution is 2.20. The first-order valence-electron chi connectivity index (χ1n) is 7.56. The molecule has 0 amide bonds. The lowest BCUT2D eigenvalue weighted by molar-refractivity contribution is 0.562. The van der Waals surface area contributed by atoms with E-state index in [4.69, 9.17) is 0 Å². The van der Waals surface area contributed by atoms with Gasteiger partial charge in [0.1, 0.15) is 0 Å². The van der Waals surface area contributed by atoms with Crippen molar-refractivity contribution in [2.45, 2.75) is 95.0 Å². The third kappa shape index (κ3) is 12.9. The molecule has 0 spiro atoms. The van der Waals surface area contributed by atoms with E-state index >= 15 is 0 Å². The highest BCUT2D eigenvalue weighted by atomic mass is 32.1.